The topological polar surface area (TPSA) is 56.8 Å². The molecule has 2 aliphatic heterocycles. The van der Waals surface area contributed by atoms with E-state index in [1.807, 2.05) is 13.8 Å². The van der Waals surface area contributed by atoms with Crippen molar-refractivity contribution in [3.05, 3.63) is 0 Å². The predicted octanol–water partition coefficient (Wildman–Crippen LogP) is -0.587. The number of nitrogens with zero attached hydrogens (tertiary/aromatic N) is 2. The number of carbonyl (C=O) groups is 1. The average molecular weight is 172 g/mol. The quantitative estimate of drug-likeness (QED) is 0.555. The molecule has 1 unspecified atom stereocenters. The molecule has 0 saturated carbocycles. The van der Waals surface area contributed by atoms with Gasteiger partial charge in [-0.2, -0.15) is 10.5 Å². The van der Waals surface area contributed by atoms with Gasteiger partial charge in [0, 0.05) is 7.11 Å². The standard InChI is InChI=1S/C6H12N4O2/c1-6(2)8-10-4(11)7-5(12-3)9(6)10/h5,8H,1-3H3,(H,7,11). The minimum Gasteiger partial charge on any atom is -0.347 e. The van der Waals surface area contributed by atoms with Crippen molar-refractivity contribution in [1.29, 1.82) is 0 Å². The highest BCUT2D eigenvalue weighted by molar-refractivity contribution is 5.76. The number of rotatable bonds is 1. The lowest BCUT2D eigenvalue weighted by molar-refractivity contribution is -0.281. The molecule has 2 amide bonds. The van der Waals surface area contributed by atoms with E-state index in [4.69, 9.17) is 4.74 Å². The Hall–Kier alpha value is -0.850. The van der Waals surface area contributed by atoms with Gasteiger partial charge in [-0.05, 0) is 13.8 Å². The molecule has 2 N–H and O–H groups in total. The SMILES string of the molecule is COC1NC(=O)N2NC(C)(C)N12. The summed E-state index contributed by atoms with van der Waals surface area (Å²) in [5.41, 5.74) is 2.74. The molecular formula is C6H12N4O2. The molecule has 0 radical (unpaired) electrons. The van der Waals surface area contributed by atoms with Crippen molar-refractivity contribution in [3.63, 3.8) is 0 Å². The molecule has 12 heavy (non-hydrogen) atoms. The largest absolute Gasteiger partial charge is 0.350 e. The molecule has 0 spiro atoms. The van der Waals surface area contributed by atoms with E-state index in [9.17, 15) is 4.79 Å². The minimum atomic E-state index is -0.353. The van der Waals surface area contributed by atoms with Gasteiger partial charge in [0.15, 0.2) is 0 Å². The van der Waals surface area contributed by atoms with Gasteiger partial charge in [0.25, 0.3) is 0 Å². The van der Waals surface area contributed by atoms with Gasteiger partial charge in [-0.15, -0.1) is 5.01 Å². The Morgan fingerprint density at radius 1 is 1.58 bits per heavy atom. The van der Waals surface area contributed by atoms with Gasteiger partial charge in [-0.1, -0.05) is 0 Å². The molecule has 2 fully saturated rings. The number of amides is 2. The van der Waals surface area contributed by atoms with Gasteiger partial charge in [-0.25, -0.2) is 4.79 Å². The average Bonchev–Trinajstić information content (AvgIpc) is 2.24. The van der Waals surface area contributed by atoms with Crippen LogP contribution in [-0.4, -0.2) is 35.3 Å². The number of hydrogen-bond acceptors (Lipinski definition) is 4. The van der Waals surface area contributed by atoms with E-state index in [1.54, 1.807) is 12.1 Å². The van der Waals surface area contributed by atoms with E-state index in [0.29, 0.717) is 0 Å². The molecule has 1 atom stereocenters. The molecule has 2 rings (SSSR count). The van der Waals surface area contributed by atoms with Crippen LogP contribution in [0.5, 0.6) is 0 Å². The Morgan fingerprint density at radius 3 is 2.67 bits per heavy atom. The van der Waals surface area contributed by atoms with Crippen LogP contribution in [0.25, 0.3) is 0 Å². The molecule has 6 heteroatoms. The number of hydrogen-bond donors (Lipinski definition) is 2. The number of hydrazine groups is 2. The zero-order valence-corrected chi connectivity index (χ0v) is 7.29. The second-order valence-corrected chi connectivity index (χ2v) is 3.36. The number of nitrogens with one attached hydrogen (secondary N) is 2. The Kier molecular flexibility index (Phi) is 1.36. The first-order valence-electron chi connectivity index (χ1n) is 3.77. The summed E-state index contributed by atoms with van der Waals surface area (Å²) in [6.07, 6.45) is -0.353. The summed E-state index contributed by atoms with van der Waals surface area (Å²) in [4.78, 5) is 11.1. The highest BCUT2D eigenvalue weighted by atomic mass is 16.5. The highest BCUT2D eigenvalue weighted by Gasteiger charge is 2.55. The smallest absolute Gasteiger partial charge is 0.347 e. The first kappa shape index (κ1) is 7.78. The number of methoxy groups -OCH3 is 1. The summed E-state index contributed by atoms with van der Waals surface area (Å²) < 4.78 is 5.06. The number of fused-ring (bicyclic) bond motifs is 1. The highest BCUT2D eigenvalue weighted by Crippen LogP contribution is 2.29. The Labute approximate surface area is 70.4 Å². The van der Waals surface area contributed by atoms with E-state index in [-0.39, 0.29) is 18.0 Å². The molecule has 68 valence electrons. The van der Waals surface area contributed by atoms with E-state index in [0.717, 1.165) is 0 Å². The third-order valence-corrected chi connectivity index (χ3v) is 2.05. The summed E-state index contributed by atoms with van der Waals surface area (Å²) >= 11 is 0. The lowest BCUT2D eigenvalue weighted by atomic mass is 10.2. The zero-order valence-electron chi connectivity index (χ0n) is 7.29. The second kappa shape index (κ2) is 2.09. The lowest BCUT2D eigenvalue weighted by Crippen LogP contribution is -2.78. The Bertz CT molecular complexity index is 230. The van der Waals surface area contributed by atoms with Crippen LogP contribution in [0.3, 0.4) is 0 Å². The van der Waals surface area contributed by atoms with Crippen LogP contribution < -0.4 is 10.7 Å². The van der Waals surface area contributed by atoms with Crippen LogP contribution in [0.2, 0.25) is 0 Å². The van der Waals surface area contributed by atoms with Crippen LogP contribution in [-0.2, 0) is 4.74 Å². The van der Waals surface area contributed by atoms with Crippen LogP contribution in [0.1, 0.15) is 13.8 Å². The summed E-state index contributed by atoms with van der Waals surface area (Å²) in [5.74, 6) is 0. The number of urea groups is 1. The number of carbonyl (C=O) groups excluding carboxylic acids is 1. The van der Waals surface area contributed by atoms with Crippen LogP contribution in [0, 0.1) is 0 Å². The van der Waals surface area contributed by atoms with Gasteiger partial charge >= 0.3 is 6.03 Å². The molecule has 0 aromatic carbocycles. The summed E-state index contributed by atoms with van der Waals surface area (Å²) in [6.45, 7) is 3.94. The summed E-state index contributed by atoms with van der Waals surface area (Å²) in [7, 11) is 1.56. The molecule has 0 aromatic rings. The first-order valence-corrected chi connectivity index (χ1v) is 3.77. The first-order chi connectivity index (χ1) is 5.56. The maximum absolute atomic E-state index is 11.1. The van der Waals surface area contributed by atoms with Crippen molar-refractivity contribution >= 4 is 6.03 Å². The van der Waals surface area contributed by atoms with Gasteiger partial charge in [0.2, 0.25) is 6.35 Å². The van der Waals surface area contributed by atoms with Gasteiger partial charge in [0.05, 0.1) is 0 Å². The molecule has 2 heterocycles. The van der Waals surface area contributed by atoms with Crippen molar-refractivity contribution in [1.82, 2.24) is 20.9 Å². The second-order valence-electron chi connectivity index (χ2n) is 3.36. The third-order valence-electron chi connectivity index (χ3n) is 2.05. The van der Waals surface area contributed by atoms with Gasteiger partial charge < -0.3 is 4.74 Å². The van der Waals surface area contributed by atoms with Crippen molar-refractivity contribution in [3.8, 4) is 0 Å². The Balaban J connectivity index is 2.18. The van der Waals surface area contributed by atoms with E-state index in [1.165, 1.54) is 5.12 Å². The molecule has 6 nitrogen and oxygen atoms in total. The van der Waals surface area contributed by atoms with E-state index >= 15 is 0 Å². The van der Waals surface area contributed by atoms with Crippen molar-refractivity contribution in [2.24, 2.45) is 0 Å². The third kappa shape index (κ3) is 0.767. The molecule has 2 aliphatic rings. The molecule has 0 bridgehead atoms. The van der Waals surface area contributed by atoms with Crippen LogP contribution in [0.15, 0.2) is 0 Å². The van der Waals surface area contributed by atoms with Crippen molar-refractivity contribution in [2.75, 3.05) is 7.11 Å². The Morgan fingerprint density at radius 2 is 2.25 bits per heavy atom. The van der Waals surface area contributed by atoms with Gasteiger partial charge in [0.1, 0.15) is 5.66 Å². The number of ether oxygens (including phenoxy) is 1. The monoisotopic (exact) mass is 172 g/mol. The fourth-order valence-corrected chi connectivity index (χ4v) is 1.50. The molecule has 0 aliphatic carbocycles. The predicted molar refractivity (Wildman–Crippen MR) is 40.2 cm³/mol. The van der Waals surface area contributed by atoms with E-state index in [2.05, 4.69) is 10.7 Å². The minimum absolute atomic E-state index is 0.179. The van der Waals surface area contributed by atoms with Crippen molar-refractivity contribution < 1.29 is 9.53 Å². The van der Waals surface area contributed by atoms with Crippen molar-refractivity contribution in [2.45, 2.75) is 25.9 Å². The summed E-state index contributed by atoms with van der Waals surface area (Å²) in [5, 5.41) is 5.86. The molecule has 0 aromatic heterocycles. The van der Waals surface area contributed by atoms with E-state index < -0.39 is 0 Å². The fraction of sp³-hybridized carbons (Fsp3) is 0.833. The maximum atomic E-state index is 11.1. The maximum Gasteiger partial charge on any atom is 0.350 e. The van der Waals surface area contributed by atoms with Crippen LogP contribution >= 0.6 is 0 Å². The zero-order chi connectivity index (χ0) is 8.93. The fourth-order valence-electron chi connectivity index (χ4n) is 1.50. The van der Waals surface area contributed by atoms with Gasteiger partial charge in [-0.3, -0.25) is 5.32 Å². The summed E-state index contributed by atoms with van der Waals surface area (Å²) in [6, 6.07) is -0.179. The molecule has 2 saturated heterocycles. The normalized spacial score (nSPS) is 32.8. The molecular weight excluding hydrogens is 160 g/mol. The van der Waals surface area contributed by atoms with Crippen LogP contribution in [0.4, 0.5) is 4.79 Å². The lowest BCUT2D eigenvalue weighted by Gasteiger charge is -2.52.